The first kappa shape index (κ1) is 96.7. The normalized spacial score (nSPS) is 14.6. The van der Waals surface area contributed by atoms with Gasteiger partial charge in [0.05, 0.1) is 36.2 Å². The van der Waals surface area contributed by atoms with Crippen molar-refractivity contribution >= 4 is 147 Å². The van der Waals surface area contributed by atoms with Crippen LogP contribution < -0.4 is 83.5 Å². The molecular formula is C78H118N20O15S2. The number of primary amides is 1. The Morgan fingerprint density at radius 1 is 0.487 bits per heavy atom. The summed E-state index contributed by atoms with van der Waals surface area (Å²) in [5.41, 5.74) is 51.4. The second-order valence-electron chi connectivity index (χ2n) is 30.6. The Balaban J connectivity index is 1.82. The molecule has 37 heteroatoms. The highest BCUT2D eigenvalue weighted by Crippen LogP contribution is 2.31. The largest absolute Gasteiger partial charge is 0.480 e. The molecule has 0 aliphatic carbocycles. The van der Waals surface area contributed by atoms with Crippen molar-refractivity contribution in [2.24, 2.45) is 107 Å². The molecule has 0 saturated heterocycles. The number of carboxylic acid groups (broad SMARTS) is 1. The van der Waals surface area contributed by atoms with Gasteiger partial charge in [-0.25, -0.2) is 4.79 Å². The number of aliphatic hydroxyl groups excluding tert-OH is 1. The third kappa shape index (κ3) is 34.1. The van der Waals surface area contributed by atoms with Crippen LogP contribution >= 0.6 is 25.3 Å². The molecule has 12 atom stereocenters. The van der Waals surface area contributed by atoms with E-state index in [1.165, 1.54) is 27.7 Å². The molecule has 0 unspecified atom stereocenters. The van der Waals surface area contributed by atoms with Gasteiger partial charge in [0.2, 0.25) is 41.4 Å². The van der Waals surface area contributed by atoms with E-state index in [0.717, 1.165) is 10.8 Å². The minimum Gasteiger partial charge on any atom is -0.480 e. The number of H-pyrrole nitrogens is 1. The number of aliphatic hydroxyl groups is 1. The molecule has 1 aromatic heterocycles. The number of rotatable bonds is 53. The van der Waals surface area contributed by atoms with E-state index >= 15 is 24.0 Å². The molecule has 3 aromatic carbocycles. The number of hydrogen-bond donors (Lipinski definition) is 20. The number of ketones is 5. The zero-order valence-electron chi connectivity index (χ0n) is 66.5. The van der Waals surface area contributed by atoms with E-state index in [1.807, 2.05) is 36.4 Å². The van der Waals surface area contributed by atoms with Crippen molar-refractivity contribution in [2.75, 3.05) is 31.9 Å². The van der Waals surface area contributed by atoms with Gasteiger partial charge in [0.15, 0.2) is 52.8 Å². The predicted octanol–water partition coefficient (Wildman–Crippen LogP) is 0.542. The van der Waals surface area contributed by atoms with Gasteiger partial charge in [0, 0.05) is 123 Å². The van der Waals surface area contributed by atoms with Crippen LogP contribution in [0.2, 0.25) is 0 Å². The third-order valence-corrected chi connectivity index (χ3v) is 20.2. The predicted molar refractivity (Wildman–Crippen MR) is 446 cm³/mol. The fraction of sp³-hybridized carbons (Fsp3) is 0.551. The minimum atomic E-state index is -1.72. The molecule has 115 heavy (non-hydrogen) atoms. The van der Waals surface area contributed by atoms with Crippen LogP contribution in [0.25, 0.3) is 21.7 Å². The summed E-state index contributed by atoms with van der Waals surface area (Å²) in [4.78, 5) is 204. The third-order valence-electron chi connectivity index (χ3n) is 19.5. The quantitative estimate of drug-likeness (QED) is 0.0124. The summed E-state index contributed by atoms with van der Waals surface area (Å²) in [5, 5.41) is 39.6. The zero-order chi connectivity index (χ0) is 86.0. The van der Waals surface area contributed by atoms with Crippen molar-refractivity contribution in [3.63, 3.8) is 0 Å². The summed E-state index contributed by atoms with van der Waals surface area (Å²) >= 11 is 8.96. The number of aromatic nitrogens is 1. The lowest BCUT2D eigenvalue weighted by atomic mass is 9.84. The first-order valence-electron chi connectivity index (χ1n) is 38.2. The summed E-state index contributed by atoms with van der Waals surface area (Å²) in [6, 6.07) is 11.3. The van der Waals surface area contributed by atoms with Crippen LogP contribution in [0.5, 0.6) is 0 Å². The molecular weight excluding hydrogens is 1520 g/mol. The standard InChI is InChI=1S/C78H118N20O15S2/c1-42(99)65(63(105)37-49(20-14-30-90-75(84)85)69(109)98-66(72(112)113)77(3,4)5)97-71(111)53(78(6,7)115)39-62(104)56(26-27-64(79)106)95-70(110)50(34-51-40-92-54-22-11-10-21-52(51)54)38-60(102)57(33-44-24-25-45-16-8-9-17-46(45)32-44)96-68(108)47(18-12-28-88-73(80)81)35-59(101)55(23-15-31-91-76(86)87)94-67(107)48(19-13-29-89-74(82)83)36-61(103)58(41-114)93-43(2)100/h8-11,16-17,21-22,24-25,32,40,42,47-50,53,55-58,65-66,92,99,114-115H,12-15,18-20,23,26-31,33-39,41H2,1-7H3,(H2,79,106)(H,93,100)(H,94,107)(H,95,110)(H,96,108)(H,97,111)(H,98,109)(H,112,113)(H4,80,81,88)(H4,82,83,89)(H4,84,85,90)(H4,86,87,91)/t42-,47-,48+,49-,50-,53-,55+,56+,57+,58+,65+,66-/m1/s1. The Bertz CT molecular complexity index is 4160. The minimum absolute atomic E-state index is 0.00963. The fourth-order valence-electron chi connectivity index (χ4n) is 13.2. The van der Waals surface area contributed by atoms with Gasteiger partial charge in [0.1, 0.15) is 12.1 Å². The van der Waals surface area contributed by atoms with Crippen LogP contribution in [0.15, 0.2) is 92.9 Å². The molecule has 0 spiro atoms. The van der Waals surface area contributed by atoms with Gasteiger partial charge in [-0.05, 0) is 111 Å². The number of carbonyl (C=O) groups is 13. The molecule has 0 aliphatic heterocycles. The van der Waals surface area contributed by atoms with Gasteiger partial charge in [-0.3, -0.25) is 77.5 Å². The van der Waals surface area contributed by atoms with Crippen LogP contribution in [0.3, 0.4) is 0 Å². The molecule has 0 bridgehead atoms. The van der Waals surface area contributed by atoms with E-state index in [2.05, 4.69) is 69.5 Å². The Hall–Kier alpha value is -10.7. The van der Waals surface area contributed by atoms with Crippen molar-refractivity contribution in [2.45, 2.75) is 205 Å². The highest BCUT2D eigenvalue weighted by molar-refractivity contribution is 7.81. The van der Waals surface area contributed by atoms with Crippen molar-refractivity contribution < 1.29 is 72.5 Å². The number of amides is 7. The topological polar surface area (TPSA) is 634 Å². The number of nitrogens with two attached hydrogens (primary N) is 9. The van der Waals surface area contributed by atoms with Crippen LogP contribution in [-0.2, 0) is 75.2 Å². The zero-order valence-corrected chi connectivity index (χ0v) is 68.3. The van der Waals surface area contributed by atoms with E-state index in [4.69, 9.17) is 64.2 Å². The van der Waals surface area contributed by atoms with Gasteiger partial charge in [-0.2, -0.15) is 25.3 Å². The van der Waals surface area contributed by atoms with E-state index in [1.54, 1.807) is 57.3 Å². The van der Waals surface area contributed by atoms with Gasteiger partial charge < -0.3 is 98.7 Å². The first-order chi connectivity index (χ1) is 54.0. The lowest BCUT2D eigenvalue weighted by Gasteiger charge is -2.32. The summed E-state index contributed by atoms with van der Waals surface area (Å²) in [6.45, 7) is 10.3. The molecule has 0 saturated carbocycles. The SMILES string of the molecule is CC(=O)N[C@@H](CS)C(=O)C[C@H](CCCN=C(N)N)C(=O)N[C@@H](CCCN=C(N)N)C(=O)C[C@@H](CCCN=C(N)N)C(=O)N[C@@H](Cc1ccc2ccccc2c1)C(=O)C[C@@H](Cc1c[nH]c2ccccc12)C(=O)N[C@@H](CCC(N)=O)C(=O)C[C@H](C(=O)N[C@H](C(=O)C[C@@H](CCCN=C(N)N)C(=O)N[C@H](C(=O)O)C(C)(C)C)[C@@H](C)O)C(C)(C)S. The molecule has 7 amide bonds. The number of fused-ring (bicyclic) bond motifs is 2. The summed E-state index contributed by atoms with van der Waals surface area (Å²) in [7, 11) is 0. The molecule has 35 nitrogen and oxygen atoms in total. The number of thiol groups is 2. The summed E-state index contributed by atoms with van der Waals surface area (Å²) in [6.07, 6.45) is -3.72. The van der Waals surface area contributed by atoms with E-state index in [0.29, 0.717) is 22.0 Å². The number of carboxylic acids is 1. The number of guanidine groups is 4. The number of aliphatic carboxylic acids is 1. The second-order valence-corrected chi connectivity index (χ2v) is 32.1. The van der Waals surface area contributed by atoms with E-state index in [9.17, 15) is 48.6 Å². The summed E-state index contributed by atoms with van der Waals surface area (Å²) < 4.78 is -1.42. The van der Waals surface area contributed by atoms with Crippen LogP contribution in [-0.4, -0.2) is 194 Å². The van der Waals surface area contributed by atoms with Crippen molar-refractivity contribution in [1.82, 2.24) is 36.9 Å². The number of nitrogens with one attached hydrogen (secondary N) is 7. The number of aliphatic imine (C=N–C) groups is 4. The van der Waals surface area contributed by atoms with Gasteiger partial charge >= 0.3 is 5.97 Å². The maximum absolute atomic E-state index is 15.7. The molecule has 0 fully saturated rings. The Labute approximate surface area is 680 Å². The molecule has 632 valence electrons. The molecule has 0 radical (unpaired) electrons. The smallest absolute Gasteiger partial charge is 0.326 e. The number of nitrogens with zero attached hydrogens (tertiary/aromatic N) is 4. The first-order valence-corrected chi connectivity index (χ1v) is 39.3. The average Bonchev–Trinajstić information content (AvgIpc) is 1.80. The molecule has 27 N–H and O–H groups in total. The van der Waals surface area contributed by atoms with Crippen molar-refractivity contribution in [3.8, 4) is 0 Å². The second kappa shape index (κ2) is 47.2. The van der Waals surface area contributed by atoms with Crippen LogP contribution in [0, 0.1) is 35.0 Å². The maximum atomic E-state index is 15.7. The Morgan fingerprint density at radius 3 is 1.40 bits per heavy atom. The van der Waals surface area contributed by atoms with Gasteiger partial charge in [-0.15, -0.1) is 0 Å². The lowest BCUT2D eigenvalue weighted by Crippen LogP contribution is -2.54. The molecule has 0 aliphatic rings. The van der Waals surface area contributed by atoms with Crippen molar-refractivity contribution in [1.29, 1.82) is 0 Å². The Kier molecular flexibility index (Phi) is 39.7. The van der Waals surface area contributed by atoms with Gasteiger partial charge in [-0.1, -0.05) is 95.3 Å². The van der Waals surface area contributed by atoms with Gasteiger partial charge in [0.25, 0.3) is 0 Å². The number of hydrogen-bond acceptors (Lipinski definition) is 20. The monoisotopic (exact) mass is 1640 g/mol. The number of carbonyl (C=O) groups excluding carboxylic acids is 12. The number of Topliss-reactive ketones (excluding diaryl/α,β-unsaturated/α-hetero) is 5. The molecule has 4 aromatic rings. The maximum Gasteiger partial charge on any atom is 0.326 e. The highest BCUT2D eigenvalue weighted by atomic mass is 32.1. The van der Waals surface area contributed by atoms with Crippen LogP contribution in [0.4, 0.5) is 0 Å². The molecule has 4 rings (SSSR count). The van der Waals surface area contributed by atoms with Crippen molar-refractivity contribution in [3.05, 3.63) is 84.1 Å². The summed E-state index contributed by atoms with van der Waals surface area (Å²) in [5.74, 6) is -18.0. The number of benzene rings is 3. The lowest BCUT2D eigenvalue weighted by molar-refractivity contribution is -0.146. The van der Waals surface area contributed by atoms with Crippen LogP contribution in [0.1, 0.15) is 156 Å². The van der Waals surface area contributed by atoms with E-state index < -0.39 is 203 Å². The highest BCUT2D eigenvalue weighted by Gasteiger charge is 2.42. The number of para-hydroxylation sites is 1. The molecule has 1 heterocycles. The van der Waals surface area contributed by atoms with E-state index in [-0.39, 0.29) is 120 Å². The average molecular weight is 1640 g/mol. The number of aromatic amines is 1. The Morgan fingerprint density at radius 2 is 0.922 bits per heavy atom. The fourth-order valence-corrected chi connectivity index (χ4v) is 13.7.